The Balaban J connectivity index is 0.000000441. The molecule has 2 aromatic heterocycles. The molecular weight excluding hydrogens is 709 g/mol. The molecule has 1 atom stereocenters. The van der Waals surface area contributed by atoms with Crippen LogP contribution in [0, 0.1) is 5.82 Å². The van der Waals surface area contributed by atoms with Crippen LogP contribution in [0.15, 0.2) is 73.1 Å². The summed E-state index contributed by atoms with van der Waals surface area (Å²) in [4.78, 5) is 41.8. The summed E-state index contributed by atoms with van der Waals surface area (Å²) in [6.45, 7) is 1.99. The number of alkyl halides is 6. The Bertz CT molecular complexity index is 2040. The number of carbonyl (C=O) groups is 3. The van der Waals surface area contributed by atoms with Crippen molar-refractivity contribution < 1.29 is 60.1 Å². The number of pyridine rings is 1. The summed E-state index contributed by atoms with van der Waals surface area (Å²) in [5, 5.41) is 19.4. The van der Waals surface area contributed by atoms with Crippen LogP contribution >= 0.6 is 0 Å². The number of hydrogen-bond donors (Lipinski definition) is 6. The number of carboxylic acid groups (broad SMARTS) is 2. The van der Waals surface area contributed by atoms with Gasteiger partial charge < -0.3 is 36.7 Å². The summed E-state index contributed by atoms with van der Waals surface area (Å²) in [6, 6.07) is 17.3. The van der Waals surface area contributed by atoms with Gasteiger partial charge in [0.15, 0.2) is 11.6 Å². The maximum Gasteiger partial charge on any atom is 0.490 e. The molecule has 276 valence electrons. The molecule has 0 bridgehead atoms. The van der Waals surface area contributed by atoms with E-state index in [2.05, 4.69) is 20.3 Å². The van der Waals surface area contributed by atoms with E-state index in [1.54, 1.807) is 42.7 Å². The number of hydrogen-bond acceptors (Lipinski definition) is 8. The minimum absolute atomic E-state index is 0.148. The SMILES string of the molecule is CCc1cc(OC)c(F)c(C(Nc2ccc3c(N)nccc3c2)c2ncc(-c3ccccc3C(N)=O)[nH]2)c1.O=C(O)C(F)(F)F.O=C(O)C(F)(F)F. The highest BCUT2D eigenvalue weighted by Crippen LogP contribution is 2.35. The van der Waals surface area contributed by atoms with Crippen molar-refractivity contribution in [3.63, 3.8) is 0 Å². The minimum atomic E-state index is -5.08. The van der Waals surface area contributed by atoms with Crippen LogP contribution in [-0.4, -0.2) is 62.5 Å². The summed E-state index contributed by atoms with van der Waals surface area (Å²) >= 11 is 0. The van der Waals surface area contributed by atoms with Crippen molar-refractivity contribution in [3.05, 3.63) is 101 Å². The average Bonchev–Trinajstić information content (AvgIpc) is 3.57. The fraction of sp³-hybridized carbons (Fsp3) is 0.182. The second-order valence-corrected chi connectivity index (χ2v) is 10.5. The largest absolute Gasteiger partial charge is 0.494 e. The number of anilines is 2. The number of rotatable bonds is 8. The summed E-state index contributed by atoms with van der Waals surface area (Å²) in [6.07, 6.45) is -6.23. The fourth-order valence-corrected chi connectivity index (χ4v) is 4.55. The molecule has 5 aromatic rings. The van der Waals surface area contributed by atoms with E-state index in [0.717, 1.165) is 22.0 Å². The molecule has 1 unspecified atom stereocenters. The first-order valence-electron chi connectivity index (χ1n) is 14.6. The number of halogens is 7. The van der Waals surface area contributed by atoms with E-state index in [-0.39, 0.29) is 5.75 Å². The Morgan fingerprint density at radius 1 is 0.942 bits per heavy atom. The first-order valence-corrected chi connectivity index (χ1v) is 14.6. The van der Waals surface area contributed by atoms with E-state index in [9.17, 15) is 31.1 Å². The highest BCUT2D eigenvalue weighted by Gasteiger charge is 2.39. The molecule has 0 aliphatic carbocycles. The number of fused-ring (bicyclic) bond motifs is 1. The van der Waals surface area contributed by atoms with Crippen LogP contribution in [0.3, 0.4) is 0 Å². The van der Waals surface area contributed by atoms with E-state index in [4.69, 9.17) is 36.0 Å². The lowest BCUT2D eigenvalue weighted by molar-refractivity contribution is -0.193. The molecule has 0 spiro atoms. The summed E-state index contributed by atoms with van der Waals surface area (Å²) in [5.41, 5.74) is 15.1. The van der Waals surface area contributed by atoms with Gasteiger partial charge in [0.2, 0.25) is 5.91 Å². The van der Waals surface area contributed by atoms with Gasteiger partial charge in [0.25, 0.3) is 0 Å². The van der Waals surface area contributed by atoms with Gasteiger partial charge in [-0.3, -0.25) is 4.79 Å². The molecule has 0 aliphatic rings. The molecular formula is C33H29F7N6O6. The lowest BCUT2D eigenvalue weighted by Crippen LogP contribution is -2.21. The van der Waals surface area contributed by atoms with Gasteiger partial charge in [0, 0.05) is 34.0 Å². The van der Waals surface area contributed by atoms with Gasteiger partial charge in [-0.25, -0.2) is 23.9 Å². The zero-order valence-electron chi connectivity index (χ0n) is 26.9. The van der Waals surface area contributed by atoms with E-state index < -0.39 is 42.1 Å². The molecule has 0 aliphatic heterocycles. The normalized spacial score (nSPS) is 11.7. The third kappa shape index (κ3) is 10.1. The van der Waals surface area contributed by atoms with Crippen LogP contribution in [-0.2, 0) is 16.0 Å². The quantitative estimate of drug-likeness (QED) is 0.0955. The number of aromatic amines is 1. The second-order valence-electron chi connectivity index (χ2n) is 10.5. The van der Waals surface area contributed by atoms with Gasteiger partial charge in [-0.15, -0.1) is 0 Å². The monoisotopic (exact) mass is 738 g/mol. The molecule has 0 saturated carbocycles. The van der Waals surface area contributed by atoms with Gasteiger partial charge in [0.1, 0.15) is 17.7 Å². The van der Waals surface area contributed by atoms with E-state index in [1.165, 1.54) is 7.11 Å². The van der Waals surface area contributed by atoms with E-state index >= 15 is 4.39 Å². The van der Waals surface area contributed by atoms with Crippen LogP contribution in [0.1, 0.15) is 40.3 Å². The van der Waals surface area contributed by atoms with Gasteiger partial charge in [-0.2, -0.15) is 26.3 Å². The third-order valence-corrected chi connectivity index (χ3v) is 7.01. The number of carboxylic acids is 2. The highest BCUT2D eigenvalue weighted by atomic mass is 19.4. The maximum absolute atomic E-state index is 15.7. The molecule has 12 nitrogen and oxygen atoms in total. The van der Waals surface area contributed by atoms with Crippen LogP contribution in [0.25, 0.3) is 22.0 Å². The Kier molecular flexibility index (Phi) is 12.7. The van der Waals surface area contributed by atoms with Crippen molar-refractivity contribution in [3.8, 4) is 17.0 Å². The molecule has 0 saturated heterocycles. The van der Waals surface area contributed by atoms with Gasteiger partial charge in [-0.1, -0.05) is 31.2 Å². The zero-order valence-corrected chi connectivity index (χ0v) is 26.9. The van der Waals surface area contributed by atoms with Gasteiger partial charge in [-0.05, 0) is 53.8 Å². The number of aromatic nitrogens is 3. The Hall–Kier alpha value is -6.40. The van der Waals surface area contributed by atoms with Crippen molar-refractivity contribution in [2.75, 3.05) is 18.2 Å². The van der Waals surface area contributed by atoms with Crippen molar-refractivity contribution in [1.29, 1.82) is 0 Å². The zero-order chi connectivity index (χ0) is 39.0. The fourth-order valence-electron chi connectivity index (χ4n) is 4.55. The first kappa shape index (κ1) is 40.0. The number of carbonyl (C=O) groups excluding carboxylic acids is 1. The molecule has 19 heteroatoms. The Morgan fingerprint density at radius 3 is 2.12 bits per heavy atom. The Labute approximate surface area is 289 Å². The number of amides is 1. The maximum atomic E-state index is 15.7. The number of aryl methyl sites for hydroxylation is 1. The third-order valence-electron chi connectivity index (χ3n) is 7.01. The molecule has 2 heterocycles. The van der Waals surface area contributed by atoms with Crippen LogP contribution < -0.4 is 21.5 Å². The van der Waals surface area contributed by atoms with Crippen molar-refractivity contribution >= 4 is 40.1 Å². The van der Waals surface area contributed by atoms with Crippen LogP contribution in [0.2, 0.25) is 0 Å². The minimum Gasteiger partial charge on any atom is -0.494 e. The topological polar surface area (TPSA) is 207 Å². The summed E-state index contributed by atoms with van der Waals surface area (Å²) in [5.74, 6) is -5.53. The average molecular weight is 739 g/mol. The first-order chi connectivity index (χ1) is 24.3. The van der Waals surface area contributed by atoms with E-state index in [1.807, 2.05) is 37.3 Å². The number of H-pyrrole nitrogens is 1. The number of nitrogens with zero attached hydrogens (tertiary/aromatic N) is 2. The highest BCUT2D eigenvalue weighted by molar-refractivity contribution is 5.99. The smallest absolute Gasteiger partial charge is 0.490 e. The number of ether oxygens (including phenoxy) is 1. The van der Waals surface area contributed by atoms with Crippen molar-refractivity contribution in [1.82, 2.24) is 15.0 Å². The summed E-state index contributed by atoms with van der Waals surface area (Å²) in [7, 11) is 1.44. The van der Waals surface area contributed by atoms with Gasteiger partial charge >= 0.3 is 24.3 Å². The molecule has 8 N–H and O–H groups in total. The van der Waals surface area contributed by atoms with Gasteiger partial charge in [0.05, 0.1) is 19.0 Å². The molecule has 0 fully saturated rings. The number of primary amides is 1. The lowest BCUT2D eigenvalue weighted by Gasteiger charge is -2.21. The number of aliphatic carboxylic acids is 2. The number of imidazole rings is 1. The van der Waals surface area contributed by atoms with Crippen LogP contribution in [0.4, 0.5) is 42.2 Å². The van der Waals surface area contributed by atoms with Crippen molar-refractivity contribution in [2.45, 2.75) is 31.7 Å². The van der Waals surface area contributed by atoms with Crippen LogP contribution in [0.5, 0.6) is 5.75 Å². The number of nitrogens with one attached hydrogen (secondary N) is 2. The predicted octanol–water partition coefficient (Wildman–Crippen LogP) is 6.48. The lowest BCUT2D eigenvalue weighted by atomic mass is 9.99. The number of nitrogens with two attached hydrogens (primary N) is 2. The molecule has 52 heavy (non-hydrogen) atoms. The number of methoxy groups -OCH3 is 1. The summed E-state index contributed by atoms with van der Waals surface area (Å²) < 4.78 is 84.6. The Morgan fingerprint density at radius 2 is 1.56 bits per heavy atom. The molecule has 1 amide bonds. The van der Waals surface area contributed by atoms with E-state index in [0.29, 0.717) is 40.4 Å². The van der Waals surface area contributed by atoms with Crippen molar-refractivity contribution in [2.24, 2.45) is 5.73 Å². The predicted molar refractivity (Wildman–Crippen MR) is 174 cm³/mol. The molecule has 5 rings (SSSR count). The standard InChI is InChI=1S/C29H27FN6O2.2C2HF3O2/c1-3-16-12-22(25(30)24(13-16)38-2)26(35-18-8-9-19-17(14-18)10-11-33-27(19)31)29-34-15-23(36-29)20-6-4-5-7-21(20)28(32)37;2*3-2(4,5)1(6)7/h4-15,26,35H,3H2,1-2H3,(H2,31,33)(H2,32,37)(H,34,36);2*(H,6,7). The number of nitrogen functional groups attached to an aromatic ring is 1. The number of benzene rings is 3. The second kappa shape index (κ2) is 16.5. The molecule has 3 aromatic carbocycles. The molecule has 0 radical (unpaired) electrons.